The third-order valence-electron chi connectivity index (χ3n) is 6.21. The summed E-state index contributed by atoms with van der Waals surface area (Å²) in [7, 11) is 0. The summed E-state index contributed by atoms with van der Waals surface area (Å²) in [6, 6.07) is 0.726. The maximum absolute atomic E-state index is 9.51. The van der Waals surface area contributed by atoms with Gasteiger partial charge in [-0.15, -0.1) is 0 Å². The highest BCUT2D eigenvalue weighted by atomic mass is 32.2. The Morgan fingerprint density at radius 1 is 1.14 bits per heavy atom. The zero-order chi connectivity index (χ0) is 14.8. The van der Waals surface area contributed by atoms with Gasteiger partial charge in [0.2, 0.25) is 0 Å². The maximum Gasteiger partial charge on any atom is 0.0912 e. The van der Waals surface area contributed by atoms with Crippen molar-refractivity contribution in [3.63, 3.8) is 0 Å². The standard InChI is InChI=1S/C17H31NO2S/c1-21-10-14-2-4-15(5-3-14)18-11-16-6-8-17(12-19,9-7-16)20-13-16/h14-15,18-19H,2-13H2,1H3. The number of nitrogens with one attached hydrogen (secondary N) is 1. The van der Waals surface area contributed by atoms with Gasteiger partial charge in [-0.3, -0.25) is 0 Å². The quantitative estimate of drug-likeness (QED) is 0.791. The topological polar surface area (TPSA) is 41.5 Å². The van der Waals surface area contributed by atoms with Crippen molar-refractivity contribution in [2.45, 2.75) is 63.0 Å². The number of rotatable bonds is 6. The molecule has 2 aliphatic heterocycles. The van der Waals surface area contributed by atoms with E-state index in [9.17, 15) is 5.11 Å². The minimum Gasteiger partial charge on any atom is -0.393 e. The van der Waals surface area contributed by atoms with Gasteiger partial charge < -0.3 is 15.2 Å². The SMILES string of the molecule is CSCC1CCC(NCC23CCC(CO)(CC2)OC3)CC1. The first-order valence-electron chi connectivity index (χ1n) is 8.66. The molecule has 0 unspecified atom stereocenters. The zero-order valence-corrected chi connectivity index (χ0v) is 14.2. The third kappa shape index (κ3) is 3.60. The van der Waals surface area contributed by atoms with Crippen LogP contribution in [0.2, 0.25) is 0 Å². The van der Waals surface area contributed by atoms with E-state index in [4.69, 9.17) is 4.74 Å². The van der Waals surface area contributed by atoms with Crippen LogP contribution in [0.5, 0.6) is 0 Å². The fraction of sp³-hybridized carbons (Fsp3) is 1.00. The van der Waals surface area contributed by atoms with Crippen LogP contribution in [-0.2, 0) is 4.74 Å². The number of hydrogen-bond acceptors (Lipinski definition) is 4. The van der Waals surface area contributed by atoms with E-state index in [0.717, 1.165) is 38.0 Å². The van der Waals surface area contributed by atoms with Crippen molar-refractivity contribution >= 4 is 11.8 Å². The maximum atomic E-state index is 9.51. The lowest BCUT2D eigenvalue weighted by molar-refractivity contribution is -0.198. The van der Waals surface area contributed by atoms with Crippen molar-refractivity contribution in [2.75, 3.05) is 31.8 Å². The molecule has 3 nitrogen and oxygen atoms in total. The molecule has 4 heteroatoms. The number of hydrogen-bond donors (Lipinski definition) is 2. The summed E-state index contributed by atoms with van der Waals surface area (Å²) in [5.41, 5.74) is 0.171. The second kappa shape index (κ2) is 6.77. The summed E-state index contributed by atoms with van der Waals surface area (Å²) in [5.74, 6) is 2.29. The Bertz CT molecular complexity index is 317. The Kier molecular flexibility index (Phi) is 5.19. The lowest BCUT2D eigenvalue weighted by Crippen LogP contribution is -2.56. The third-order valence-corrected chi connectivity index (χ3v) is 7.01. The largest absolute Gasteiger partial charge is 0.393 e. The molecule has 4 fully saturated rings. The van der Waals surface area contributed by atoms with Gasteiger partial charge in [0, 0.05) is 18.0 Å². The van der Waals surface area contributed by atoms with Gasteiger partial charge in [-0.2, -0.15) is 11.8 Å². The Balaban J connectivity index is 1.42. The molecule has 4 rings (SSSR count). The molecular weight excluding hydrogens is 282 g/mol. The molecule has 0 spiro atoms. The summed E-state index contributed by atoms with van der Waals surface area (Å²) in [6.45, 7) is 2.17. The lowest BCUT2D eigenvalue weighted by Gasteiger charge is -2.53. The second-order valence-corrected chi connectivity index (χ2v) is 8.59. The number of aliphatic hydroxyl groups is 1. The minimum absolute atomic E-state index is 0.183. The highest BCUT2D eigenvalue weighted by Crippen LogP contribution is 2.48. The Morgan fingerprint density at radius 2 is 1.86 bits per heavy atom. The fourth-order valence-corrected chi connectivity index (χ4v) is 5.20. The van der Waals surface area contributed by atoms with Crippen molar-refractivity contribution in [1.82, 2.24) is 5.32 Å². The average Bonchev–Trinajstić information content (AvgIpc) is 2.56. The van der Waals surface area contributed by atoms with E-state index >= 15 is 0 Å². The summed E-state index contributed by atoms with van der Waals surface area (Å²) < 4.78 is 6.01. The average molecular weight is 314 g/mol. The molecule has 2 bridgehead atoms. The van der Waals surface area contributed by atoms with Gasteiger partial charge in [-0.25, -0.2) is 0 Å². The van der Waals surface area contributed by atoms with Crippen LogP contribution in [0.3, 0.4) is 0 Å². The molecule has 21 heavy (non-hydrogen) atoms. The number of aliphatic hydroxyl groups excluding tert-OH is 1. The van der Waals surface area contributed by atoms with Crippen molar-refractivity contribution in [1.29, 1.82) is 0 Å². The Morgan fingerprint density at radius 3 is 2.38 bits per heavy atom. The van der Waals surface area contributed by atoms with Crippen LogP contribution in [0.15, 0.2) is 0 Å². The smallest absolute Gasteiger partial charge is 0.0912 e. The van der Waals surface area contributed by atoms with Crippen LogP contribution in [-0.4, -0.2) is 48.5 Å². The van der Waals surface area contributed by atoms with Crippen LogP contribution in [0.4, 0.5) is 0 Å². The van der Waals surface area contributed by atoms with E-state index in [0.29, 0.717) is 5.41 Å². The van der Waals surface area contributed by atoms with E-state index < -0.39 is 0 Å². The lowest BCUT2D eigenvalue weighted by atomic mass is 9.66. The molecule has 4 aliphatic rings. The highest BCUT2D eigenvalue weighted by Gasteiger charge is 2.49. The van der Waals surface area contributed by atoms with Gasteiger partial charge in [0.15, 0.2) is 0 Å². The number of thioether (sulfide) groups is 1. The molecular formula is C17H31NO2S. The van der Waals surface area contributed by atoms with Gasteiger partial charge in [0.05, 0.1) is 18.8 Å². The van der Waals surface area contributed by atoms with Gasteiger partial charge in [-0.1, -0.05) is 0 Å². The molecule has 122 valence electrons. The van der Waals surface area contributed by atoms with Crippen molar-refractivity contribution < 1.29 is 9.84 Å². The summed E-state index contributed by atoms with van der Waals surface area (Å²) in [4.78, 5) is 0. The minimum atomic E-state index is -0.183. The first kappa shape index (κ1) is 16.1. The van der Waals surface area contributed by atoms with Crippen LogP contribution < -0.4 is 5.32 Å². The van der Waals surface area contributed by atoms with Crippen LogP contribution in [0.1, 0.15) is 51.4 Å². The predicted octanol–water partition coefficient (Wildman–Crippen LogP) is 2.82. The van der Waals surface area contributed by atoms with Crippen LogP contribution >= 0.6 is 11.8 Å². The monoisotopic (exact) mass is 313 g/mol. The van der Waals surface area contributed by atoms with E-state index in [2.05, 4.69) is 11.6 Å². The van der Waals surface area contributed by atoms with Gasteiger partial charge >= 0.3 is 0 Å². The Hall–Kier alpha value is 0.230. The first-order chi connectivity index (χ1) is 10.2. The molecule has 0 aromatic heterocycles. The predicted molar refractivity (Wildman–Crippen MR) is 88.8 cm³/mol. The second-order valence-electron chi connectivity index (χ2n) is 7.68. The first-order valence-corrected chi connectivity index (χ1v) is 10.1. The normalized spacial score (nSPS) is 43.1. The molecule has 2 N–H and O–H groups in total. The molecule has 0 amide bonds. The van der Waals surface area contributed by atoms with Crippen molar-refractivity contribution in [3.8, 4) is 0 Å². The highest BCUT2D eigenvalue weighted by molar-refractivity contribution is 7.98. The molecule has 0 aromatic carbocycles. The van der Waals surface area contributed by atoms with E-state index in [1.165, 1.54) is 44.3 Å². The van der Waals surface area contributed by atoms with E-state index in [1.807, 2.05) is 11.8 Å². The summed E-state index contributed by atoms with van der Waals surface area (Å²) in [5, 5.41) is 13.4. The fourth-order valence-electron chi connectivity index (χ4n) is 4.39. The van der Waals surface area contributed by atoms with Crippen LogP contribution in [0, 0.1) is 11.3 Å². The summed E-state index contributed by atoms with van der Waals surface area (Å²) >= 11 is 2.00. The van der Waals surface area contributed by atoms with E-state index in [-0.39, 0.29) is 12.2 Å². The van der Waals surface area contributed by atoms with Crippen LogP contribution in [0.25, 0.3) is 0 Å². The van der Waals surface area contributed by atoms with Gasteiger partial charge in [0.25, 0.3) is 0 Å². The van der Waals surface area contributed by atoms with Crippen molar-refractivity contribution in [3.05, 3.63) is 0 Å². The molecule has 2 heterocycles. The number of fused-ring (bicyclic) bond motifs is 3. The van der Waals surface area contributed by atoms with Gasteiger partial charge in [0.1, 0.15) is 0 Å². The molecule has 2 aliphatic carbocycles. The Labute approximate surface area is 133 Å². The van der Waals surface area contributed by atoms with Crippen molar-refractivity contribution in [2.24, 2.45) is 11.3 Å². The van der Waals surface area contributed by atoms with Gasteiger partial charge in [-0.05, 0) is 69.3 Å². The molecule has 0 aromatic rings. The number of ether oxygens (including phenoxy) is 1. The molecule has 0 atom stereocenters. The molecule has 0 radical (unpaired) electrons. The molecule has 2 saturated heterocycles. The van der Waals surface area contributed by atoms with E-state index in [1.54, 1.807) is 0 Å². The molecule has 2 saturated carbocycles. The zero-order valence-electron chi connectivity index (χ0n) is 13.4. The summed E-state index contributed by atoms with van der Waals surface area (Å²) in [6.07, 6.45) is 12.3.